The molecule has 4 atom stereocenters. The Morgan fingerprint density at radius 2 is 1.64 bits per heavy atom. The van der Waals surface area contributed by atoms with Crippen molar-refractivity contribution in [2.45, 2.75) is 103 Å². The Balaban J connectivity index is 1.51. The standard InChI is InChI=1S/C34H48O4S/c1-5-8-16-35-24-32-34(37-18-10-7-3)31(36-17-9-6-2)23-30(38-32)27-13-11-12-26(20-27)21-29-22-28-19-25(4)14-15-33(28)39-29/h11-15,19-20,22,30-32,34H,5-10,16-18,21,23-24H2,1-4H3/t30-,31-,32-,34+/m1/s1. The highest BCUT2D eigenvalue weighted by Gasteiger charge is 2.41. The molecule has 4 nitrogen and oxygen atoms in total. The van der Waals surface area contributed by atoms with Crippen molar-refractivity contribution in [2.75, 3.05) is 26.4 Å². The molecule has 0 bridgehead atoms. The molecule has 0 spiro atoms. The molecule has 1 aliphatic rings. The number of hydrogen-bond donors (Lipinski definition) is 0. The number of aryl methyl sites for hydroxylation is 1. The minimum absolute atomic E-state index is 0.00132. The van der Waals surface area contributed by atoms with Crippen molar-refractivity contribution in [3.63, 3.8) is 0 Å². The summed E-state index contributed by atoms with van der Waals surface area (Å²) in [4.78, 5) is 1.39. The number of benzene rings is 2. The van der Waals surface area contributed by atoms with Crippen LogP contribution in [-0.2, 0) is 25.4 Å². The van der Waals surface area contributed by atoms with Crippen LogP contribution in [0, 0.1) is 6.92 Å². The van der Waals surface area contributed by atoms with Gasteiger partial charge < -0.3 is 18.9 Å². The van der Waals surface area contributed by atoms with Crippen molar-refractivity contribution < 1.29 is 18.9 Å². The maximum atomic E-state index is 6.77. The average Bonchev–Trinajstić information content (AvgIpc) is 3.33. The number of rotatable bonds is 16. The lowest BCUT2D eigenvalue weighted by molar-refractivity contribution is -0.216. The summed E-state index contributed by atoms with van der Waals surface area (Å²) in [5.41, 5.74) is 3.85. The van der Waals surface area contributed by atoms with E-state index in [0.717, 1.165) is 71.2 Å². The summed E-state index contributed by atoms with van der Waals surface area (Å²) >= 11 is 1.89. The first-order chi connectivity index (χ1) is 19.1. The van der Waals surface area contributed by atoms with E-state index in [-0.39, 0.29) is 24.4 Å². The zero-order chi connectivity index (χ0) is 27.5. The Morgan fingerprint density at radius 1 is 0.872 bits per heavy atom. The first-order valence-corrected chi connectivity index (χ1v) is 16.0. The molecule has 0 aliphatic carbocycles. The van der Waals surface area contributed by atoms with Crippen molar-refractivity contribution >= 4 is 21.4 Å². The normalized spacial score (nSPS) is 21.5. The topological polar surface area (TPSA) is 36.9 Å². The number of ether oxygens (including phenoxy) is 4. The third-order valence-corrected chi connectivity index (χ3v) is 8.62. The quantitative estimate of drug-likeness (QED) is 0.166. The molecule has 0 radical (unpaired) electrons. The van der Waals surface area contributed by atoms with E-state index in [9.17, 15) is 0 Å². The largest absolute Gasteiger partial charge is 0.379 e. The van der Waals surface area contributed by atoms with Gasteiger partial charge in [-0.1, -0.05) is 82.0 Å². The van der Waals surface area contributed by atoms with Crippen LogP contribution >= 0.6 is 11.3 Å². The van der Waals surface area contributed by atoms with Gasteiger partial charge in [0.25, 0.3) is 0 Å². The Hall–Kier alpha value is -1.76. The maximum Gasteiger partial charge on any atom is 0.112 e. The lowest BCUT2D eigenvalue weighted by Crippen LogP contribution is -2.50. The van der Waals surface area contributed by atoms with Crippen molar-refractivity contribution in [1.29, 1.82) is 0 Å². The van der Waals surface area contributed by atoms with Crippen LogP contribution in [-0.4, -0.2) is 44.7 Å². The van der Waals surface area contributed by atoms with E-state index in [1.165, 1.54) is 31.7 Å². The van der Waals surface area contributed by atoms with Crippen molar-refractivity contribution in [3.05, 3.63) is 70.1 Å². The molecule has 214 valence electrons. The molecule has 1 aliphatic heterocycles. The molecule has 2 heterocycles. The van der Waals surface area contributed by atoms with E-state index in [4.69, 9.17) is 18.9 Å². The third kappa shape index (κ3) is 8.86. The fraction of sp³-hybridized carbons (Fsp3) is 0.588. The van der Waals surface area contributed by atoms with Crippen LogP contribution in [0.1, 0.15) is 93.4 Å². The van der Waals surface area contributed by atoms with Crippen molar-refractivity contribution in [3.8, 4) is 0 Å². The molecule has 3 aromatic rings. The van der Waals surface area contributed by atoms with Crippen LogP contribution in [0.15, 0.2) is 48.5 Å². The zero-order valence-electron chi connectivity index (χ0n) is 24.5. The highest BCUT2D eigenvalue weighted by atomic mass is 32.1. The molecule has 4 rings (SSSR count). The van der Waals surface area contributed by atoms with E-state index in [0.29, 0.717) is 6.61 Å². The smallest absolute Gasteiger partial charge is 0.112 e. The molecule has 0 saturated carbocycles. The second-order valence-electron chi connectivity index (χ2n) is 11.0. The van der Waals surface area contributed by atoms with Gasteiger partial charge in [0.15, 0.2) is 0 Å². The van der Waals surface area contributed by atoms with E-state index < -0.39 is 0 Å². The Morgan fingerprint density at radius 3 is 2.44 bits per heavy atom. The van der Waals surface area contributed by atoms with Gasteiger partial charge in [0, 0.05) is 42.2 Å². The monoisotopic (exact) mass is 552 g/mol. The number of hydrogen-bond acceptors (Lipinski definition) is 5. The zero-order valence-corrected chi connectivity index (χ0v) is 25.3. The summed E-state index contributed by atoms with van der Waals surface area (Å²) in [5.74, 6) is 0. The van der Waals surface area contributed by atoms with Gasteiger partial charge in [-0.25, -0.2) is 0 Å². The summed E-state index contributed by atoms with van der Waals surface area (Å²) in [5, 5.41) is 1.34. The second-order valence-corrected chi connectivity index (χ2v) is 12.1. The van der Waals surface area contributed by atoms with Crippen molar-refractivity contribution in [2.24, 2.45) is 0 Å². The van der Waals surface area contributed by atoms with Crippen LogP contribution in [0.5, 0.6) is 0 Å². The lowest BCUT2D eigenvalue weighted by Gasteiger charge is -2.42. The van der Waals surface area contributed by atoms with Gasteiger partial charge in [0.2, 0.25) is 0 Å². The average molecular weight is 553 g/mol. The van der Waals surface area contributed by atoms with Gasteiger partial charge in [-0.2, -0.15) is 0 Å². The Bertz CT molecular complexity index is 1130. The summed E-state index contributed by atoms with van der Waals surface area (Å²) in [6.07, 6.45) is 7.99. The predicted molar refractivity (Wildman–Crippen MR) is 163 cm³/mol. The molecular weight excluding hydrogens is 504 g/mol. The minimum atomic E-state index is -0.140. The maximum absolute atomic E-state index is 6.77. The molecule has 1 fully saturated rings. The van der Waals surface area contributed by atoms with Gasteiger partial charge in [-0.3, -0.25) is 0 Å². The Kier molecular flexibility index (Phi) is 12.3. The van der Waals surface area contributed by atoms with Gasteiger partial charge in [-0.05, 0) is 54.8 Å². The number of thiophene rings is 1. The first-order valence-electron chi connectivity index (χ1n) is 15.2. The van der Waals surface area contributed by atoms with Gasteiger partial charge in [0.05, 0.1) is 18.8 Å². The second kappa shape index (κ2) is 15.9. The molecule has 39 heavy (non-hydrogen) atoms. The van der Waals surface area contributed by atoms with Crippen LogP contribution < -0.4 is 0 Å². The fourth-order valence-corrected chi connectivity index (χ4v) is 6.33. The van der Waals surface area contributed by atoms with Crippen LogP contribution in [0.25, 0.3) is 10.1 Å². The summed E-state index contributed by atoms with van der Waals surface area (Å²) < 4.78 is 27.1. The molecule has 0 N–H and O–H groups in total. The van der Waals surface area contributed by atoms with Crippen LogP contribution in [0.4, 0.5) is 0 Å². The lowest BCUT2D eigenvalue weighted by atomic mass is 9.92. The minimum Gasteiger partial charge on any atom is -0.379 e. The first kappa shape index (κ1) is 30.2. The van der Waals surface area contributed by atoms with E-state index in [1.807, 2.05) is 11.3 Å². The SMILES string of the molecule is CCCCOC[C@H]1O[C@@H](c2cccc(Cc3cc4cc(C)ccc4s3)c2)C[C@@H](OCCCC)[C@@H]1OCCCC. The highest BCUT2D eigenvalue weighted by Crippen LogP contribution is 2.36. The van der Waals surface area contributed by atoms with Gasteiger partial charge in [0.1, 0.15) is 12.2 Å². The molecule has 1 aromatic heterocycles. The van der Waals surface area contributed by atoms with Crippen LogP contribution in [0.3, 0.4) is 0 Å². The molecule has 2 aromatic carbocycles. The predicted octanol–water partition coefficient (Wildman–Crippen LogP) is 8.82. The number of fused-ring (bicyclic) bond motifs is 1. The summed E-state index contributed by atoms with van der Waals surface area (Å²) in [6.45, 7) is 11.6. The number of unbranched alkanes of at least 4 members (excludes halogenated alkanes) is 3. The van der Waals surface area contributed by atoms with Crippen molar-refractivity contribution in [1.82, 2.24) is 0 Å². The van der Waals surface area contributed by atoms with Crippen LogP contribution in [0.2, 0.25) is 0 Å². The summed E-state index contributed by atoms with van der Waals surface area (Å²) in [6, 6.07) is 18.0. The fourth-order valence-electron chi connectivity index (χ4n) is 5.25. The molecule has 5 heteroatoms. The third-order valence-electron chi connectivity index (χ3n) is 7.50. The molecular formula is C34H48O4S. The summed E-state index contributed by atoms with van der Waals surface area (Å²) in [7, 11) is 0. The van der Waals surface area contributed by atoms with E-state index >= 15 is 0 Å². The van der Waals surface area contributed by atoms with E-state index in [2.05, 4.69) is 76.2 Å². The van der Waals surface area contributed by atoms with Gasteiger partial charge >= 0.3 is 0 Å². The highest BCUT2D eigenvalue weighted by molar-refractivity contribution is 7.19. The van der Waals surface area contributed by atoms with E-state index in [1.54, 1.807) is 0 Å². The molecule has 1 saturated heterocycles. The Labute approximate surface area is 240 Å². The molecule has 0 unspecified atom stereocenters. The molecule has 0 amide bonds. The van der Waals surface area contributed by atoms with Gasteiger partial charge in [-0.15, -0.1) is 11.3 Å².